The van der Waals surface area contributed by atoms with Gasteiger partial charge in [-0.15, -0.1) is 0 Å². The first kappa shape index (κ1) is 15.3. The van der Waals surface area contributed by atoms with Gasteiger partial charge in [0.25, 0.3) is 0 Å². The highest BCUT2D eigenvalue weighted by atomic mass is 16.5. The van der Waals surface area contributed by atoms with Crippen LogP contribution >= 0.6 is 0 Å². The molecule has 0 spiro atoms. The summed E-state index contributed by atoms with van der Waals surface area (Å²) in [5.74, 6) is -0.203. The molecule has 0 aromatic heterocycles. The number of unbranched alkanes of at least 4 members (excludes halogenated alkanes) is 3. The Balaban J connectivity index is 2.15. The van der Waals surface area contributed by atoms with Gasteiger partial charge in [-0.25, -0.2) is 4.79 Å². The largest absolute Gasteiger partial charge is 0.508 e. The van der Waals surface area contributed by atoms with Crippen LogP contribution in [0.4, 0.5) is 0 Å². The maximum absolute atomic E-state index is 11.6. The zero-order valence-electron chi connectivity index (χ0n) is 11.5. The summed E-state index contributed by atoms with van der Waals surface area (Å²) < 4.78 is 5.12. The third-order valence-electron chi connectivity index (χ3n) is 2.76. The van der Waals surface area contributed by atoms with Crippen molar-refractivity contribution in [1.29, 1.82) is 0 Å². The maximum atomic E-state index is 11.6. The van der Waals surface area contributed by atoms with E-state index >= 15 is 0 Å². The van der Waals surface area contributed by atoms with Crippen LogP contribution in [0.1, 0.15) is 49.4 Å². The molecule has 3 heteroatoms. The van der Waals surface area contributed by atoms with Crippen LogP contribution in [0.15, 0.2) is 36.4 Å². The van der Waals surface area contributed by atoms with Gasteiger partial charge in [-0.2, -0.15) is 0 Å². The molecule has 0 aliphatic carbocycles. The summed E-state index contributed by atoms with van der Waals surface area (Å²) in [5.41, 5.74) is 0.463. The SMILES string of the molecule is CCCCC/C=C/CCOC(=O)c1ccc(O)cc1. The number of phenolic OH excluding ortho intramolecular Hbond substituents is 1. The molecule has 0 fully saturated rings. The van der Waals surface area contributed by atoms with Crippen LogP contribution in [0.3, 0.4) is 0 Å². The molecule has 1 aromatic rings. The summed E-state index contributed by atoms with van der Waals surface area (Å²) in [6.07, 6.45) is 9.76. The monoisotopic (exact) mass is 262 g/mol. The van der Waals surface area contributed by atoms with E-state index in [4.69, 9.17) is 9.84 Å². The van der Waals surface area contributed by atoms with Crippen LogP contribution in [0.2, 0.25) is 0 Å². The third-order valence-corrected chi connectivity index (χ3v) is 2.76. The summed E-state index contributed by atoms with van der Waals surface area (Å²) in [7, 11) is 0. The number of allylic oxidation sites excluding steroid dienone is 1. The molecular formula is C16H22O3. The molecule has 19 heavy (non-hydrogen) atoms. The summed E-state index contributed by atoms with van der Waals surface area (Å²) in [6.45, 7) is 2.58. The van der Waals surface area contributed by atoms with Gasteiger partial charge >= 0.3 is 5.97 Å². The molecule has 0 aliphatic heterocycles. The molecule has 0 bridgehead atoms. The fraction of sp³-hybridized carbons (Fsp3) is 0.438. The van der Waals surface area contributed by atoms with Crippen molar-refractivity contribution in [3.8, 4) is 5.75 Å². The number of hydrogen-bond donors (Lipinski definition) is 1. The van der Waals surface area contributed by atoms with Crippen molar-refractivity contribution in [2.45, 2.75) is 39.0 Å². The molecule has 0 saturated carbocycles. The zero-order chi connectivity index (χ0) is 13.9. The minimum absolute atomic E-state index is 0.145. The van der Waals surface area contributed by atoms with E-state index < -0.39 is 0 Å². The molecular weight excluding hydrogens is 240 g/mol. The fourth-order valence-electron chi connectivity index (χ4n) is 1.65. The number of carbonyl (C=O) groups excluding carboxylic acids is 1. The smallest absolute Gasteiger partial charge is 0.338 e. The van der Waals surface area contributed by atoms with Crippen molar-refractivity contribution in [2.24, 2.45) is 0 Å². The highest BCUT2D eigenvalue weighted by Gasteiger charge is 2.05. The molecule has 0 amide bonds. The Bertz CT molecular complexity index is 393. The first-order valence-electron chi connectivity index (χ1n) is 6.85. The van der Waals surface area contributed by atoms with Crippen LogP contribution in [-0.4, -0.2) is 17.7 Å². The predicted octanol–water partition coefficient (Wildman–Crippen LogP) is 4.08. The zero-order valence-corrected chi connectivity index (χ0v) is 11.5. The van der Waals surface area contributed by atoms with Gasteiger partial charge in [0.05, 0.1) is 12.2 Å². The number of aromatic hydroxyl groups is 1. The van der Waals surface area contributed by atoms with Crippen molar-refractivity contribution in [3.63, 3.8) is 0 Å². The van der Waals surface area contributed by atoms with E-state index in [-0.39, 0.29) is 11.7 Å². The highest BCUT2D eigenvalue weighted by molar-refractivity contribution is 5.89. The van der Waals surface area contributed by atoms with Crippen LogP contribution in [0.5, 0.6) is 5.75 Å². The third kappa shape index (κ3) is 6.65. The van der Waals surface area contributed by atoms with E-state index in [1.807, 2.05) is 0 Å². The second-order valence-electron chi connectivity index (χ2n) is 4.44. The number of esters is 1. The Kier molecular flexibility index (Phi) is 7.40. The number of ether oxygens (including phenoxy) is 1. The number of carbonyl (C=O) groups is 1. The van der Waals surface area contributed by atoms with E-state index in [0.29, 0.717) is 12.2 Å². The minimum atomic E-state index is -0.348. The van der Waals surface area contributed by atoms with Crippen LogP contribution in [0, 0.1) is 0 Å². The van der Waals surface area contributed by atoms with Gasteiger partial charge in [0, 0.05) is 0 Å². The van der Waals surface area contributed by atoms with Crippen molar-refractivity contribution in [1.82, 2.24) is 0 Å². The van der Waals surface area contributed by atoms with Crippen molar-refractivity contribution >= 4 is 5.97 Å². The lowest BCUT2D eigenvalue weighted by atomic mass is 10.2. The first-order chi connectivity index (χ1) is 9.24. The van der Waals surface area contributed by atoms with Gasteiger partial charge < -0.3 is 9.84 Å². The van der Waals surface area contributed by atoms with Gasteiger partial charge in [-0.3, -0.25) is 0 Å². The predicted molar refractivity (Wildman–Crippen MR) is 76.3 cm³/mol. The first-order valence-corrected chi connectivity index (χ1v) is 6.85. The van der Waals surface area contributed by atoms with Gasteiger partial charge in [-0.1, -0.05) is 31.9 Å². The topological polar surface area (TPSA) is 46.5 Å². The molecule has 0 radical (unpaired) electrons. The van der Waals surface area contributed by atoms with Gasteiger partial charge in [0.15, 0.2) is 0 Å². The van der Waals surface area contributed by atoms with E-state index in [0.717, 1.165) is 12.8 Å². The van der Waals surface area contributed by atoms with Crippen LogP contribution < -0.4 is 0 Å². The molecule has 104 valence electrons. The lowest BCUT2D eigenvalue weighted by molar-refractivity contribution is 0.0511. The lowest BCUT2D eigenvalue weighted by Gasteiger charge is -2.03. The van der Waals surface area contributed by atoms with Crippen LogP contribution in [-0.2, 0) is 4.74 Å². The van der Waals surface area contributed by atoms with Crippen molar-refractivity contribution in [2.75, 3.05) is 6.61 Å². The fourth-order valence-corrected chi connectivity index (χ4v) is 1.65. The molecule has 3 nitrogen and oxygen atoms in total. The van der Waals surface area contributed by atoms with Gasteiger partial charge in [0.1, 0.15) is 5.75 Å². The molecule has 1 rings (SSSR count). The van der Waals surface area contributed by atoms with Crippen molar-refractivity contribution < 1.29 is 14.6 Å². The van der Waals surface area contributed by atoms with Crippen LogP contribution in [0.25, 0.3) is 0 Å². The average molecular weight is 262 g/mol. The number of rotatable bonds is 8. The second kappa shape index (κ2) is 9.20. The molecule has 0 saturated heterocycles. The standard InChI is InChI=1S/C16H22O3/c1-2-3-4-5-6-7-8-13-19-16(18)14-9-11-15(17)12-10-14/h6-7,9-12,17H,2-5,8,13H2,1H3/b7-6+. The number of benzene rings is 1. The Labute approximate surface area is 114 Å². The summed E-state index contributed by atoms with van der Waals surface area (Å²) in [5, 5.41) is 9.11. The normalized spacial score (nSPS) is 10.8. The summed E-state index contributed by atoms with van der Waals surface area (Å²) in [6, 6.07) is 6.06. The molecule has 0 heterocycles. The van der Waals surface area contributed by atoms with E-state index in [9.17, 15) is 4.79 Å². The molecule has 0 unspecified atom stereocenters. The Morgan fingerprint density at radius 1 is 1.16 bits per heavy atom. The lowest BCUT2D eigenvalue weighted by Crippen LogP contribution is -2.05. The van der Waals surface area contributed by atoms with Crippen molar-refractivity contribution in [3.05, 3.63) is 42.0 Å². The molecule has 1 aromatic carbocycles. The summed E-state index contributed by atoms with van der Waals surface area (Å²) in [4.78, 5) is 11.6. The number of phenols is 1. The van der Waals surface area contributed by atoms with E-state index in [2.05, 4.69) is 19.1 Å². The Hall–Kier alpha value is -1.77. The second-order valence-corrected chi connectivity index (χ2v) is 4.44. The van der Waals surface area contributed by atoms with Gasteiger partial charge in [0.2, 0.25) is 0 Å². The van der Waals surface area contributed by atoms with E-state index in [1.165, 1.54) is 31.4 Å². The quantitative estimate of drug-likeness (QED) is 0.436. The highest BCUT2D eigenvalue weighted by Crippen LogP contribution is 2.10. The minimum Gasteiger partial charge on any atom is -0.508 e. The average Bonchev–Trinajstić information content (AvgIpc) is 2.42. The summed E-state index contributed by atoms with van der Waals surface area (Å²) >= 11 is 0. The Morgan fingerprint density at radius 2 is 1.84 bits per heavy atom. The Morgan fingerprint density at radius 3 is 2.53 bits per heavy atom. The van der Waals surface area contributed by atoms with E-state index in [1.54, 1.807) is 12.1 Å². The molecule has 0 atom stereocenters. The molecule has 1 N–H and O–H groups in total. The maximum Gasteiger partial charge on any atom is 0.338 e. The molecule has 0 aliphatic rings. The number of hydrogen-bond acceptors (Lipinski definition) is 3. The van der Waals surface area contributed by atoms with Gasteiger partial charge in [-0.05, 0) is 43.5 Å².